The Morgan fingerprint density at radius 1 is 0.610 bits per heavy atom. The van der Waals surface area contributed by atoms with Gasteiger partial charge in [0.2, 0.25) is 0 Å². The molecule has 0 atom stereocenters. The lowest BCUT2D eigenvalue weighted by Gasteiger charge is -2.20. The summed E-state index contributed by atoms with van der Waals surface area (Å²) in [6.45, 7) is 3.32. The first kappa shape index (κ1) is 31.4. The van der Waals surface area contributed by atoms with Gasteiger partial charge in [-0.1, -0.05) is 99.9 Å². The number of hydrogen-bond acceptors (Lipinski definition) is 1. The molecule has 0 heterocycles. The predicted octanol–water partition coefficient (Wildman–Crippen LogP) is 10.9. The average molecular weight is 591 g/mol. The molecule has 2 aromatic carbocycles. The summed E-state index contributed by atoms with van der Waals surface area (Å²) in [6.07, 6.45) is 0.592. The molecule has 0 saturated heterocycles. The molecule has 220 valence electrons. The fourth-order valence-corrected chi connectivity index (χ4v) is 6.89. The lowest BCUT2D eigenvalue weighted by Crippen LogP contribution is -2.14. The fourth-order valence-electron chi connectivity index (χ4n) is 5.87. The second-order valence-corrected chi connectivity index (χ2v) is 12.0. The number of benzene rings is 2. The minimum Gasteiger partial charge on any atom is -0.166 e. The van der Waals surface area contributed by atoms with Crippen molar-refractivity contribution in [3.8, 4) is 23.7 Å². The highest BCUT2D eigenvalue weighted by molar-refractivity contribution is 7.99. The molecule has 7 heteroatoms. The molecule has 0 radical (unpaired) electrons. The standard InChI is InChI=1S/C34H36F6S/c1-3-25-17-21-29(27(31(25)33(35,36)37)19-15-23-11-7-5-8-12-23)41-30-22-18-26(4-2)32(34(38,39)40)28(30)20-16-24-13-9-6-10-14-24/h17-18,21-24H,3-14H2,1-2H3. The minimum absolute atomic E-state index is 0.0190. The van der Waals surface area contributed by atoms with Crippen molar-refractivity contribution in [2.24, 2.45) is 11.8 Å². The second kappa shape index (κ2) is 13.6. The van der Waals surface area contributed by atoms with Gasteiger partial charge in [-0.3, -0.25) is 0 Å². The summed E-state index contributed by atoms with van der Waals surface area (Å²) in [5.41, 5.74) is -1.61. The summed E-state index contributed by atoms with van der Waals surface area (Å²) in [6, 6.07) is 6.00. The predicted molar refractivity (Wildman–Crippen MR) is 153 cm³/mol. The molecule has 0 spiro atoms. The second-order valence-electron chi connectivity index (χ2n) is 11.0. The molecule has 0 N–H and O–H groups in total. The highest BCUT2D eigenvalue weighted by Gasteiger charge is 2.38. The van der Waals surface area contributed by atoms with Gasteiger partial charge < -0.3 is 0 Å². The van der Waals surface area contributed by atoms with Crippen molar-refractivity contribution in [2.75, 3.05) is 0 Å². The Morgan fingerprint density at radius 3 is 1.29 bits per heavy atom. The average Bonchev–Trinajstić information content (AvgIpc) is 2.95. The lowest BCUT2D eigenvalue weighted by molar-refractivity contribution is -0.139. The van der Waals surface area contributed by atoms with E-state index in [2.05, 4.69) is 23.7 Å². The maximum absolute atomic E-state index is 14.5. The van der Waals surface area contributed by atoms with Gasteiger partial charge in [0.15, 0.2) is 0 Å². The zero-order chi connectivity index (χ0) is 29.6. The van der Waals surface area contributed by atoms with Crippen molar-refractivity contribution in [2.45, 2.75) is 113 Å². The summed E-state index contributed by atoms with van der Waals surface area (Å²) in [5.74, 6) is 12.0. The van der Waals surface area contributed by atoms with Crippen LogP contribution in [-0.4, -0.2) is 0 Å². The third kappa shape index (κ3) is 7.86. The van der Waals surface area contributed by atoms with Gasteiger partial charge in [-0.2, -0.15) is 26.3 Å². The van der Waals surface area contributed by atoms with Gasteiger partial charge in [0.25, 0.3) is 0 Å². The third-order valence-corrected chi connectivity index (χ3v) is 9.19. The van der Waals surface area contributed by atoms with Gasteiger partial charge in [0, 0.05) is 21.6 Å². The molecule has 41 heavy (non-hydrogen) atoms. The van der Waals surface area contributed by atoms with Gasteiger partial charge in [-0.05, 0) is 61.8 Å². The van der Waals surface area contributed by atoms with Crippen LogP contribution in [0, 0.1) is 35.5 Å². The van der Waals surface area contributed by atoms with Crippen molar-refractivity contribution < 1.29 is 26.3 Å². The van der Waals surface area contributed by atoms with Gasteiger partial charge in [0.05, 0.1) is 22.3 Å². The van der Waals surface area contributed by atoms with Crippen molar-refractivity contribution in [1.29, 1.82) is 0 Å². The van der Waals surface area contributed by atoms with Crippen LogP contribution in [-0.2, 0) is 25.2 Å². The number of rotatable bonds is 4. The summed E-state index contributed by atoms with van der Waals surface area (Å²) >= 11 is 0.908. The smallest absolute Gasteiger partial charge is 0.166 e. The summed E-state index contributed by atoms with van der Waals surface area (Å²) < 4.78 is 86.7. The van der Waals surface area contributed by atoms with Gasteiger partial charge in [-0.15, -0.1) is 0 Å². The molecular weight excluding hydrogens is 554 g/mol. The first-order chi connectivity index (χ1) is 19.5. The van der Waals surface area contributed by atoms with Crippen LogP contribution < -0.4 is 0 Å². The Morgan fingerprint density at radius 2 is 0.976 bits per heavy atom. The Bertz CT molecular complexity index is 1230. The van der Waals surface area contributed by atoms with Crippen LogP contribution in [0.4, 0.5) is 26.3 Å². The van der Waals surface area contributed by atoms with Crippen LogP contribution in [0.1, 0.15) is 111 Å². The molecule has 2 aromatic rings. The number of halogens is 6. The zero-order valence-electron chi connectivity index (χ0n) is 23.6. The Balaban J connectivity index is 1.89. The Labute approximate surface area is 244 Å². The monoisotopic (exact) mass is 590 g/mol. The van der Waals surface area contributed by atoms with Gasteiger partial charge in [-0.25, -0.2) is 0 Å². The topological polar surface area (TPSA) is 0 Å². The number of aryl methyl sites for hydroxylation is 2. The van der Waals surface area contributed by atoms with E-state index in [-0.39, 0.29) is 56.7 Å². The number of hydrogen-bond donors (Lipinski definition) is 0. The highest BCUT2D eigenvalue weighted by Crippen LogP contribution is 2.44. The molecule has 2 aliphatic rings. The van der Waals surface area contributed by atoms with Crippen LogP contribution in [0.3, 0.4) is 0 Å². The molecule has 2 fully saturated rings. The van der Waals surface area contributed by atoms with Crippen LogP contribution in [0.2, 0.25) is 0 Å². The van der Waals surface area contributed by atoms with Crippen molar-refractivity contribution >= 4 is 11.8 Å². The molecule has 0 unspecified atom stereocenters. The molecule has 0 aliphatic heterocycles. The molecule has 0 bridgehead atoms. The van der Waals surface area contributed by atoms with E-state index in [9.17, 15) is 26.3 Å². The van der Waals surface area contributed by atoms with Crippen LogP contribution in [0.15, 0.2) is 34.1 Å². The molecule has 2 saturated carbocycles. The quantitative estimate of drug-likeness (QED) is 0.252. The molecule has 0 nitrogen and oxygen atoms in total. The Hall–Kier alpha value is -2.51. The first-order valence-corrected chi connectivity index (χ1v) is 15.5. The van der Waals surface area contributed by atoms with Crippen LogP contribution in [0.25, 0.3) is 0 Å². The van der Waals surface area contributed by atoms with E-state index in [4.69, 9.17) is 0 Å². The van der Waals surface area contributed by atoms with E-state index in [0.717, 1.165) is 76.0 Å². The maximum atomic E-state index is 14.5. The van der Waals surface area contributed by atoms with E-state index < -0.39 is 23.5 Å². The molecule has 2 aliphatic carbocycles. The maximum Gasteiger partial charge on any atom is 0.417 e. The largest absolute Gasteiger partial charge is 0.417 e. The minimum atomic E-state index is -4.65. The van der Waals surface area contributed by atoms with Crippen molar-refractivity contribution in [1.82, 2.24) is 0 Å². The van der Waals surface area contributed by atoms with Gasteiger partial charge >= 0.3 is 12.4 Å². The van der Waals surface area contributed by atoms with E-state index in [1.807, 2.05) is 0 Å². The summed E-state index contributed by atoms with van der Waals surface area (Å²) in [7, 11) is 0. The van der Waals surface area contributed by atoms with Crippen LogP contribution in [0.5, 0.6) is 0 Å². The van der Waals surface area contributed by atoms with E-state index >= 15 is 0 Å². The fraction of sp³-hybridized carbons (Fsp3) is 0.529. The normalized spacial score (nSPS) is 17.0. The van der Waals surface area contributed by atoms with Crippen molar-refractivity contribution in [3.63, 3.8) is 0 Å². The van der Waals surface area contributed by atoms with E-state index in [0.29, 0.717) is 0 Å². The summed E-state index contributed by atoms with van der Waals surface area (Å²) in [5, 5.41) is 0. The van der Waals surface area contributed by atoms with E-state index in [1.165, 1.54) is 12.1 Å². The SMILES string of the molecule is CCc1ccc(Sc2ccc(CC)c(C(F)(F)F)c2C#CC2CCCCC2)c(C#CC2CCCCC2)c1C(F)(F)F. The lowest BCUT2D eigenvalue weighted by atomic mass is 9.89. The number of alkyl halides is 6. The zero-order valence-corrected chi connectivity index (χ0v) is 24.4. The molecular formula is C34H36F6S. The molecule has 0 amide bonds. The highest BCUT2D eigenvalue weighted by atomic mass is 32.2. The van der Waals surface area contributed by atoms with Crippen LogP contribution >= 0.6 is 11.8 Å². The molecule has 0 aromatic heterocycles. The van der Waals surface area contributed by atoms with Gasteiger partial charge in [0.1, 0.15) is 0 Å². The Kier molecular flexibility index (Phi) is 10.5. The first-order valence-electron chi connectivity index (χ1n) is 14.7. The third-order valence-electron chi connectivity index (χ3n) is 8.07. The van der Waals surface area contributed by atoms with Crippen molar-refractivity contribution in [3.05, 3.63) is 57.6 Å². The molecule has 4 rings (SSSR count). The van der Waals surface area contributed by atoms with E-state index in [1.54, 1.807) is 26.0 Å². The summed E-state index contributed by atoms with van der Waals surface area (Å²) in [4.78, 5) is 0.409.